The van der Waals surface area contributed by atoms with Crippen LogP contribution < -0.4 is 0 Å². The summed E-state index contributed by atoms with van der Waals surface area (Å²) < 4.78 is 4.78. The van der Waals surface area contributed by atoms with Crippen molar-refractivity contribution in [1.29, 1.82) is 0 Å². The van der Waals surface area contributed by atoms with Crippen LogP contribution in [-0.2, 0) is 14.3 Å². The number of thiol groups is 1. The van der Waals surface area contributed by atoms with E-state index in [4.69, 9.17) is 4.74 Å². The van der Waals surface area contributed by atoms with Crippen LogP contribution in [0.25, 0.3) is 0 Å². The fourth-order valence-corrected chi connectivity index (χ4v) is 2.70. The number of carbonyl (C=O) groups is 2. The summed E-state index contributed by atoms with van der Waals surface area (Å²) in [5.74, 6) is 1.51. The number of ether oxygens (including phenoxy) is 1. The van der Waals surface area contributed by atoms with E-state index in [1.165, 1.54) is 7.11 Å². The van der Waals surface area contributed by atoms with Gasteiger partial charge in [-0.25, -0.2) is 4.79 Å². The van der Waals surface area contributed by atoms with Gasteiger partial charge in [0.2, 0.25) is 5.91 Å². The van der Waals surface area contributed by atoms with Crippen molar-refractivity contribution in [1.82, 2.24) is 4.90 Å². The maximum absolute atomic E-state index is 11.8. The zero-order valence-corrected chi connectivity index (χ0v) is 11.9. The number of carbonyl (C=O) groups excluding carboxylic acids is 2. The molecule has 0 aliphatic carbocycles. The van der Waals surface area contributed by atoms with Crippen molar-refractivity contribution < 1.29 is 14.3 Å². The van der Waals surface area contributed by atoms with E-state index in [1.54, 1.807) is 16.7 Å². The first kappa shape index (κ1) is 14.7. The third-order valence-electron chi connectivity index (χ3n) is 2.94. The topological polar surface area (TPSA) is 46.6 Å². The number of hydrogen-bond acceptors (Lipinski definition) is 5. The highest BCUT2D eigenvalue weighted by Crippen LogP contribution is 2.23. The van der Waals surface area contributed by atoms with Crippen LogP contribution in [0.3, 0.4) is 0 Å². The minimum absolute atomic E-state index is 0.0422. The molecule has 2 atom stereocenters. The lowest BCUT2D eigenvalue weighted by molar-refractivity contribution is -0.151. The van der Waals surface area contributed by atoms with Crippen LogP contribution in [0.5, 0.6) is 0 Å². The first-order valence-corrected chi connectivity index (χ1v) is 7.63. The first-order chi connectivity index (χ1) is 8.13. The second-order valence-corrected chi connectivity index (χ2v) is 5.47. The predicted octanol–water partition coefficient (Wildman–Crippen LogP) is 1.06. The molecule has 0 N–H and O–H groups in total. The highest BCUT2D eigenvalue weighted by Gasteiger charge is 2.37. The lowest BCUT2D eigenvalue weighted by Gasteiger charge is -2.25. The van der Waals surface area contributed by atoms with E-state index in [1.807, 2.05) is 6.26 Å². The Morgan fingerprint density at radius 3 is 2.88 bits per heavy atom. The van der Waals surface area contributed by atoms with E-state index >= 15 is 0 Å². The van der Waals surface area contributed by atoms with Crippen molar-refractivity contribution in [2.75, 3.05) is 31.4 Å². The van der Waals surface area contributed by atoms with E-state index < -0.39 is 6.04 Å². The monoisotopic (exact) mass is 277 g/mol. The summed E-state index contributed by atoms with van der Waals surface area (Å²) in [6, 6.07) is -0.426. The number of hydrogen-bond donors (Lipinski definition) is 1. The van der Waals surface area contributed by atoms with Crippen molar-refractivity contribution in [3.63, 3.8) is 0 Å². The van der Waals surface area contributed by atoms with Crippen molar-refractivity contribution in [3.05, 3.63) is 0 Å². The zero-order chi connectivity index (χ0) is 12.8. The zero-order valence-electron chi connectivity index (χ0n) is 10.2. The normalized spacial score (nSPS) is 21.7. The average Bonchev–Trinajstić information content (AvgIpc) is 2.71. The summed E-state index contributed by atoms with van der Waals surface area (Å²) in [6.07, 6.45) is 3.13. The van der Waals surface area contributed by atoms with Crippen LogP contribution in [0.15, 0.2) is 0 Å². The molecule has 0 aromatic rings. The molecular weight excluding hydrogens is 258 g/mol. The molecule has 0 aromatic carbocycles. The van der Waals surface area contributed by atoms with Crippen molar-refractivity contribution in [2.24, 2.45) is 5.92 Å². The van der Waals surface area contributed by atoms with Crippen molar-refractivity contribution in [3.8, 4) is 0 Å². The molecule has 98 valence electrons. The van der Waals surface area contributed by atoms with Gasteiger partial charge in [-0.1, -0.05) is 0 Å². The van der Waals surface area contributed by atoms with Gasteiger partial charge in [-0.2, -0.15) is 24.4 Å². The van der Waals surface area contributed by atoms with Gasteiger partial charge in [0.25, 0.3) is 0 Å². The number of rotatable bonds is 6. The molecule has 0 aromatic heterocycles. The van der Waals surface area contributed by atoms with Gasteiger partial charge in [0.15, 0.2) is 0 Å². The molecule has 0 saturated carbocycles. The third kappa shape index (κ3) is 3.81. The molecule has 2 unspecified atom stereocenters. The molecule has 1 heterocycles. The quantitative estimate of drug-likeness (QED) is 0.582. The van der Waals surface area contributed by atoms with Crippen LogP contribution in [0.4, 0.5) is 0 Å². The predicted molar refractivity (Wildman–Crippen MR) is 72.5 cm³/mol. The second-order valence-electron chi connectivity index (χ2n) is 4.12. The van der Waals surface area contributed by atoms with Crippen LogP contribution in [-0.4, -0.2) is 54.2 Å². The molecule has 1 fully saturated rings. The van der Waals surface area contributed by atoms with E-state index in [9.17, 15) is 9.59 Å². The average molecular weight is 277 g/mol. The Morgan fingerprint density at radius 2 is 2.41 bits per heavy atom. The molecule has 17 heavy (non-hydrogen) atoms. The maximum atomic E-state index is 11.8. The van der Waals surface area contributed by atoms with Crippen LogP contribution >= 0.6 is 24.4 Å². The fourth-order valence-electron chi connectivity index (χ4n) is 2.00. The van der Waals surface area contributed by atoms with Gasteiger partial charge in [0.1, 0.15) is 6.04 Å². The molecule has 6 heteroatoms. The molecule has 0 bridgehead atoms. The minimum atomic E-state index is -0.426. The Labute approximate surface area is 112 Å². The van der Waals surface area contributed by atoms with Gasteiger partial charge < -0.3 is 9.64 Å². The first-order valence-electron chi connectivity index (χ1n) is 5.61. The van der Waals surface area contributed by atoms with E-state index in [0.29, 0.717) is 25.1 Å². The summed E-state index contributed by atoms with van der Waals surface area (Å²) in [6.45, 7) is 0.622. The van der Waals surface area contributed by atoms with Crippen LogP contribution in [0.1, 0.15) is 12.8 Å². The van der Waals surface area contributed by atoms with Gasteiger partial charge in [0.05, 0.1) is 7.11 Å². The molecular formula is C11H19NO3S2. The minimum Gasteiger partial charge on any atom is -0.467 e. The standard InChI is InChI=1S/C11H19NO3S2/c1-15-11(14)9(3-4-17-2)12-6-8(7-16)5-10(12)13/h8-9,16H,3-7H2,1-2H3. The molecule has 4 nitrogen and oxygen atoms in total. The largest absolute Gasteiger partial charge is 0.467 e. The Bertz CT molecular complexity index is 284. The highest BCUT2D eigenvalue weighted by molar-refractivity contribution is 7.98. The fraction of sp³-hybridized carbons (Fsp3) is 0.818. The Kier molecular flexibility index (Phi) is 6.19. The molecule has 1 saturated heterocycles. The smallest absolute Gasteiger partial charge is 0.328 e. The van der Waals surface area contributed by atoms with Gasteiger partial charge in [0, 0.05) is 13.0 Å². The van der Waals surface area contributed by atoms with Gasteiger partial charge in [-0.3, -0.25) is 4.79 Å². The summed E-state index contributed by atoms with van der Waals surface area (Å²) in [5, 5.41) is 0. The molecule has 1 aliphatic heterocycles. The Balaban J connectivity index is 2.69. The Morgan fingerprint density at radius 1 is 1.71 bits per heavy atom. The van der Waals surface area contributed by atoms with Gasteiger partial charge >= 0.3 is 5.97 Å². The highest BCUT2D eigenvalue weighted by atomic mass is 32.2. The second kappa shape index (κ2) is 7.16. The van der Waals surface area contributed by atoms with Crippen LogP contribution in [0.2, 0.25) is 0 Å². The number of likely N-dealkylation sites (tertiary alicyclic amines) is 1. The van der Waals surface area contributed by atoms with E-state index in [-0.39, 0.29) is 17.8 Å². The third-order valence-corrected chi connectivity index (χ3v) is 4.10. The number of methoxy groups -OCH3 is 1. The van der Waals surface area contributed by atoms with Crippen molar-refractivity contribution in [2.45, 2.75) is 18.9 Å². The number of amides is 1. The van der Waals surface area contributed by atoms with Crippen LogP contribution in [0, 0.1) is 5.92 Å². The van der Waals surface area contributed by atoms with E-state index in [0.717, 1.165) is 5.75 Å². The number of esters is 1. The SMILES string of the molecule is COC(=O)C(CCSC)N1CC(CS)CC1=O. The Hall–Kier alpha value is -0.360. The summed E-state index contributed by atoms with van der Waals surface area (Å²) in [5.41, 5.74) is 0. The molecule has 1 aliphatic rings. The summed E-state index contributed by atoms with van der Waals surface area (Å²) in [7, 11) is 1.37. The summed E-state index contributed by atoms with van der Waals surface area (Å²) >= 11 is 5.88. The molecule has 1 amide bonds. The lowest BCUT2D eigenvalue weighted by Crippen LogP contribution is -2.43. The van der Waals surface area contributed by atoms with Gasteiger partial charge in [-0.15, -0.1) is 0 Å². The summed E-state index contributed by atoms with van der Waals surface area (Å²) in [4.78, 5) is 25.2. The molecule has 0 spiro atoms. The van der Waals surface area contributed by atoms with Crippen molar-refractivity contribution >= 4 is 36.3 Å². The van der Waals surface area contributed by atoms with E-state index in [2.05, 4.69) is 12.6 Å². The molecule has 1 rings (SSSR count). The number of thioether (sulfide) groups is 1. The number of nitrogens with zero attached hydrogens (tertiary/aromatic N) is 1. The molecule has 0 radical (unpaired) electrons. The lowest BCUT2D eigenvalue weighted by atomic mass is 10.1. The van der Waals surface area contributed by atoms with Gasteiger partial charge in [-0.05, 0) is 30.1 Å². The maximum Gasteiger partial charge on any atom is 0.328 e.